The van der Waals surface area contributed by atoms with Gasteiger partial charge in [-0.05, 0) is 42.0 Å². The Morgan fingerprint density at radius 1 is 0.976 bits per heavy atom. The monoisotopic (exact) mass is 553 g/mol. The molecule has 0 amide bonds. The molecule has 1 N–H and O–H groups in total. The van der Waals surface area contributed by atoms with E-state index in [1.807, 2.05) is 60.7 Å². The number of benzene rings is 3. The highest BCUT2D eigenvalue weighted by atomic mass is 16.5. The molecular formula is C32H33N4O5+. The molecule has 41 heavy (non-hydrogen) atoms. The summed E-state index contributed by atoms with van der Waals surface area (Å²) in [5, 5.41) is 7.59. The molecule has 4 aromatic rings. The minimum absolute atomic E-state index is 0.194. The van der Waals surface area contributed by atoms with E-state index in [-0.39, 0.29) is 12.1 Å². The molecule has 3 saturated heterocycles. The fourth-order valence-corrected chi connectivity index (χ4v) is 6.02. The molecule has 3 aliphatic heterocycles. The van der Waals surface area contributed by atoms with Crippen molar-refractivity contribution in [2.75, 3.05) is 32.1 Å². The van der Waals surface area contributed by atoms with Crippen molar-refractivity contribution >= 4 is 17.6 Å². The normalized spacial score (nSPS) is 22.1. The first-order valence-corrected chi connectivity index (χ1v) is 14.0. The van der Waals surface area contributed by atoms with Gasteiger partial charge in [-0.25, -0.2) is 9.59 Å². The topological polar surface area (TPSA) is 104 Å². The quantitative estimate of drug-likeness (QED) is 0.227. The van der Waals surface area contributed by atoms with Gasteiger partial charge >= 0.3 is 11.9 Å². The zero-order valence-electron chi connectivity index (χ0n) is 22.9. The van der Waals surface area contributed by atoms with Gasteiger partial charge in [0.15, 0.2) is 12.1 Å². The fraction of sp³-hybridized carbons (Fsp3) is 0.312. The number of anilines is 1. The molecule has 0 spiro atoms. The Bertz CT molecular complexity index is 1480. The summed E-state index contributed by atoms with van der Waals surface area (Å²) in [6, 6.07) is 25.5. The molecule has 3 aliphatic rings. The molecule has 3 aromatic carbocycles. The Balaban J connectivity index is 1.16. The second kappa shape index (κ2) is 11.5. The predicted octanol–water partition coefficient (Wildman–Crippen LogP) is 5.03. The van der Waals surface area contributed by atoms with E-state index in [1.54, 1.807) is 24.3 Å². The zero-order valence-corrected chi connectivity index (χ0v) is 22.9. The maximum absolute atomic E-state index is 13.7. The molecule has 4 heterocycles. The minimum atomic E-state index is -0.699. The van der Waals surface area contributed by atoms with Crippen LogP contribution in [0.1, 0.15) is 40.6 Å². The highest BCUT2D eigenvalue weighted by Crippen LogP contribution is 2.38. The lowest BCUT2D eigenvalue weighted by Gasteiger charge is -2.51. The Morgan fingerprint density at radius 3 is 2.34 bits per heavy atom. The molecule has 1 aromatic heterocycles. The van der Waals surface area contributed by atoms with Crippen LogP contribution in [-0.2, 0) is 20.8 Å². The summed E-state index contributed by atoms with van der Waals surface area (Å²) in [4.78, 5) is 30.2. The third-order valence-electron chi connectivity index (χ3n) is 8.26. The second-order valence-electron chi connectivity index (χ2n) is 10.9. The van der Waals surface area contributed by atoms with Crippen LogP contribution in [0.2, 0.25) is 0 Å². The second-order valence-corrected chi connectivity index (χ2v) is 10.9. The van der Waals surface area contributed by atoms with Crippen LogP contribution in [0.3, 0.4) is 0 Å². The van der Waals surface area contributed by atoms with Crippen molar-refractivity contribution in [3.63, 3.8) is 0 Å². The van der Waals surface area contributed by atoms with E-state index in [2.05, 4.69) is 15.5 Å². The Hall–Kier alpha value is -4.50. The van der Waals surface area contributed by atoms with Crippen LogP contribution in [0.4, 0.5) is 5.69 Å². The van der Waals surface area contributed by atoms with Gasteiger partial charge in [-0.15, -0.1) is 0 Å². The van der Waals surface area contributed by atoms with Crippen LogP contribution in [0.5, 0.6) is 0 Å². The summed E-state index contributed by atoms with van der Waals surface area (Å²) in [5.41, 5.74) is 2.85. The molecule has 9 nitrogen and oxygen atoms in total. The molecular weight excluding hydrogens is 520 g/mol. The molecule has 210 valence electrons. The van der Waals surface area contributed by atoms with Crippen LogP contribution in [-0.4, -0.2) is 59.4 Å². The van der Waals surface area contributed by atoms with Gasteiger partial charge in [-0.3, -0.25) is 0 Å². The lowest BCUT2D eigenvalue weighted by atomic mass is 9.83. The van der Waals surface area contributed by atoms with E-state index >= 15 is 0 Å². The van der Waals surface area contributed by atoms with E-state index in [4.69, 9.17) is 14.0 Å². The molecule has 2 atom stereocenters. The van der Waals surface area contributed by atoms with Crippen LogP contribution < -0.4 is 5.32 Å². The number of piperidine rings is 3. The summed E-state index contributed by atoms with van der Waals surface area (Å²) in [6.45, 7) is 3.37. The number of rotatable bonds is 9. The maximum atomic E-state index is 13.7. The number of esters is 2. The standard InChI is InChI=1S/C32H32N4O5/c1-39-31(37)25-12-14-26(15-13-25)33-29(23-8-4-2-5-9-23)32(38)40-27-20-36(18-16-22(27)17-19-36)21-28-34-30(41-35-28)24-10-6-3-7-11-24/h2-15,22,27,29H,16-21H2,1H3/p+1/t22?,27-,29?,36?/m0/s1. The number of nitrogens with zero attached hydrogens (tertiary/aromatic N) is 3. The van der Waals surface area contributed by atoms with Gasteiger partial charge in [-0.2, -0.15) is 4.98 Å². The minimum Gasteiger partial charge on any atom is -0.465 e. The lowest BCUT2D eigenvalue weighted by molar-refractivity contribution is -0.958. The predicted molar refractivity (Wildman–Crippen MR) is 151 cm³/mol. The number of nitrogens with one attached hydrogen (secondary N) is 1. The molecule has 0 saturated carbocycles. The van der Waals surface area contributed by atoms with Crippen molar-refractivity contribution in [2.24, 2.45) is 5.92 Å². The first-order valence-electron chi connectivity index (χ1n) is 14.0. The smallest absolute Gasteiger partial charge is 0.337 e. The number of ether oxygens (including phenoxy) is 2. The number of hydrogen-bond acceptors (Lipinski definition) is 8. The fourth-order valence-electron chi connectivity index (χ4n) is 6.02. The van der Waals surface area contributed by atoms with E-state index in [1.165, 1.54) is 7.11 Å². The Labute approximate surface area is 238 Å². The number of hydrogen-bond donors (Lipinski definition) is 1. The van der Waals surface area contributed by atoms with Gasteiger partial charge < -0.3 is 23.8 Å². The third-order valence-corrected chi connectivity index (χ3v) is 8.26. The summed E-state index contributed by atoms with van der Waals surface area (Å²) in [7, 11) is 1.35. The van der Waals surface area contributed by atoms with Gasteiger partial charge in [-0.1, -0.05) is 53.7 Å². The molecule has 7 rings (SSSR count). The van der Waals surface area contributed by atoms with Gasteiger partial charge in [0.05, 0.1) is 25.8 Å². The van der Waals surface area contributed by atoms with Gasteiger partial charge in [0, 0.05) is 30.0 Å². The number of quaternary nitrogens is 1. The highest BCUT2D eigenvalue weighted by Gasteiger charge is 2.48. The van der Waals surface area contributed by atoms with Crippen molar-refractivity contribution < 1.29 is 28.1 Å². The van der Waals surface area contributed by atoms with Crippen molar-refractivity contribution in [3.05, 3.63) is 102 Å². The first kappa shape index (κ1) is 26.7. The van der Waals surface area contributed by atoms with E-state index in [9.17, 15) is 9.59 Å². The Morgan fingerprint density at radius 2 is 1.66 bits per heavy atom. The molecule has 3 fully saturated rings. The maximum Gasteiger partial charge on any atom is 0.337 e. The number of carbonyl (C=O) groups is 2. The number of fused-ring (bicyclic) bond motifs is 3. The van der Waals surface area contributed by atoms with Crippen molar-refractivity contribution in [1.82, 2.24) is 10.1 Å². The number of carbonyl (C=O) groups excluding carboxylic acids is 2. The third kappa shape index (κ3) is 5.85. The average Bonchev–Trinajstić information content (AvgIpc) is 3.49. The summed E-state index contributed by atoms with van der Waals surface area (Å²) in [6.07, 6.45) is 1.78. The Kier molecular flexibility index (Phi) is 7.52. The van der Waals surface area contributed by atoms with Crippen molar-refractivity contribution in [1.29, 1.82) is 0 Å². The summed E-state index contributed by atoms with van der Waals surface area (Å²) >= 11 is 0. The highest BCUT2D eigenvalue weighted by molar-refractivity contribution is 5.90. The molecule has 0 aliphatic carbocycles. The SMILES string of the molecule is COC(=O)c1ccc(NC(C(=O)O[C@H]2C[N+]3(Cc4noc(-c5ccccc5)n4)CCC2CC3)c2ccccc2)cc1. The zero-order chi connectivity index (χ0) is 28.2. The summed E-state index contributed by atoms with van der Waals surface area (Å²) < 4.78 is 17.4. The molecule has 9 heteroatoms. The van der Waals surface area contributed by atoms with E-state index < -0.39 is 12.0 Å². The molecule has 0 radical (unpaired) electrons. The first-order chi connectivity index (χ1) is 20.0. The van der Waals surface area contributed by atoms with Crippen molar-refractivity contribution in [3.8, 4) is 11.5 Å². The average molecular weight is 554 g/mol. The van der Waals surface area contributed by atoms with Gasteiger partial charge in [0.1, 0.15) is 13.1 Å². The van der Waals surface area contributed by atoms with Crippen LogP contribution in [0.25, 0.3) is 11.5 Å². The number of aromatic nitrogens is 2. The number of methoxy groups -OCH3 is 1. The van der Waals surface area contributed by atoms with Gasteiger partial charge in [0.2, 0.25) is 5.82 Å². The van der Waals surface area contributed by atoms with Crippen LogP contribution in [0, 0.1) is 5.92 Å². The van der Waals surface area contributed by atoms with Crippen molar-refractivity contribution in [2.45, 2.75) is 31.5 Å². The van der Waals surface area contributed by atoms with E-state index in [0.29, 0.717) is 35.4 Å². The van der Waals surface area contributed by atoms with Gasteiger partial charge in [0.25, 0.3) is 5.89 Å². The largest absolute Gasteiger partial charge is 0.465 e. The molecule has 2 bridgehead atoms. The van der Waals surface area contributed by atoms with E-state index in [0.717, 1.165) is 48.1 Å². The summed E-state index contributed by atoms with van der Waals surface area (Å²) in [5.74, 6) is 0.793. The van der Waals surface area contributed by atoms with Crippen LogP contribution >= 0.6 is 0 Å². The van der Waals surface area contributed by atoms with Crippen LogP contribution in [0.15, 0.2) is 89.5 Å². The lowest BCUT2D eigenvalue weighted by Crippen LogP contribution is -2.64. The molecule has 1 unspecified atom stereocenters.